The zero-order valence-corrected chi connectivity index (χ0v) is 11.4. The molecule has 0 atom stereocenters. The smallest absolute Gasteiger partial charge is 0.178 e. The second-order valence-electron chi connectivity index (χ2n) is 4.00. The normalized spacial score (nSPS) is 11.7. The molecule has 0 heterocycles. The maximum Gasteiger partial charge on any atom is 0.178 e. The minimum Gasteiger partial charge on any atom is -0.224 e. The molecule has 1 aromatic carbocycles. The van der Waals surface area contributed by atoms with Crippen LogP contribution < -0.4 is 0 Å². The Bertz CT molecular complexity index is 489. The number of benzene rings is 1. The fraction of sp³-hybridized carbons (Fsp3) is 0.500. The molecule has 6 heteroatoms. The Hall–Kier alpha value is -0.680. The van der Waals surface area contributed by atoms with Gasteiger partial charge in [0.2, 0.25) is 0 Å². The topological polar surface area (TPSA) is 34.1 Å². The first-order valence-electron chi connectivity index (χ1n) is 5.71. The Morgan fingerprint density at radius 2 is 1.67 bits per heavy atom. The van der Waals surface area contributed by atoms with Gasteiger partial charge < -0.3 is 0 Å². The minimum atomic E-state index is -3.53. The molecule has 0 fully saturated rings. The summed E-state index contributed by atoms with van der Waals surface area (Å²) in [7, 11) is -3.53. The highest BCUT2D eigenvalue weighted by atomic mass is 35.5. The highest BCUT2D eigenvalue weighted by Crippen LogP contribution is 2.16. The summed E-state index contributed by atoms with van der Waals surface area (Å²) in [5.74, 6) is -1.68. The van der Waals surface area contributed by atoms with Crippen LogP contribution in [-0.4, -0.2) is 20.1 Å². The number of sulfone groups is 1. The van der Waals surface area contributed by atoms with E-state index >= 15 is 0 Å². The summed E-state index contributed by atoms with van der Waals surface area (Å²) in [4.78, 5) is -0.168. The summed E-state index contributed by atoms with van der Waals surface area (Å²) >= 11 is 5.50. The van der Waals surface area contributed by atoms with E-state index < -0.39 is 21.5 Å². The van der Waals surface area contributed by atoms with Crippen molar-refractivity contribution in [2.75, 3.05) is 11.6 Å². The molecule has 102 valence electrons. The first-order chi connectivity index (χ1) is 8.47. The first kappa shape index (κ1) is 15.4. The van der Waals surface area contributed by atoms with Gasteiger partial charge in [0.25, 0.3) is 0 Å². The lowest BCUT2D eigenvalue weighted by Gasteiger charge is -2.04. The molecule has 0 N–H and O–H groups in total. The average Bonchev–Trinajstić information content (AvgIpc) is 2.32. The maximum absolute atomic E-state index is 12.9. The van der Waals surface area contributed by atoms with Gasteiger partial charge in [-0.15, -0.1) is 11.6 Å². The molecule has 0 saturated heterocycles. The number of hydrogen-bond acceptors (Lipinski definition) is 2. The van der Waals surface area contributed by atoms with E-state index in [1.165, 1.54) is 0 Å². The van der Waals surface area contributed by atoms with Gasteiger partial charge in [0.1, 0.15) is 0 Å². The van der Waals surface area contributed by atoms with Crippen molar-refractivity contribution in [1.82, 2.24) is 0 Å². The summed E-state index contributed by atoms with van der Waals surface area (Å²) in [5.41, 5.74) is 0. The molecule has 0 saturated carbocycles. The maximum atomic E-state index is 12.9. The summed E-state index contributed by atoms with van der Waals surface area (Å²) < 4.78 is 49.3. The lowest BCUT2D eigenvalue weighted by atomic mass is 10.2. The third-order valence-electron chi connectivity index (χ3n) is 2.55. The Labute approximate surface area is 111 Å². The molecule has 0 aliphatic carbocycles. The van der Waals surface area contributed by atoms with Crippen LogP contribution in [0.15, 0.2) is 23.1 Å². The average molecular weight is 297 g/mol. The van der Waals surface area contributed by atoms with Gasteiger partial charge in [0.05, 0.1) is 10.6 Å². The zero-order valence-electron chi connectivity index (χ0n) is 9.83. The van der Waals surface area contributed by atoms with Crippen LogP contribution in [0.3, 0.4) is 0 Å². The standard InChI is InChI=1S/C12H15ClF2O2S/c13-7-3-1-2-4-8-18(16,17)10-5-6-11(14)12(15)9-10/h5-6,9H,1-4,7-8H2. The van der Waals surface area contributed by atoms with Crippen LogP contribution in [0.5, 0.6) is 0 Å². The van der Waals surface area contributed by atoms with Crippen LogP contribution in [-0.2, 0) is 9.84 Å². The summed E-state index contributed by atoms with van der Waals surface area (Å²) in [6.07, 6.45) is 2.98. The van der Waals surface area contributed by atoms with Crippen LogP contribution in [0, 0.1) is 11.6 Å². The van der Waals surface area contributed by atoms with E-state index in [0.717, 1.165) is 37.5 Å². The number of rotatable bonds is 7. The van der Waals surface area contributed by atoms with Crippen LogP contribution in [0.2, 0.25) is 0 Å². The second-order valence-corrected chi connectivity index (χ2v) is 6.49. The molecule has 0 aliphatic heterocycles. The van der Waals surface area contributed by atoms with Crippen molar-refractivity contribution in [2.45, 2.75) is 30.6 Å². The van der Waals surface area contributed by atoms with Gasteiger partial charge in [0, 0.05) is 5.88 Å². The fourth-order valence-electron chi connectivity index (χ4n) is 1.53. The van der Waals surface area contributed by atoms with Gasteiger partial charge in [-0.1, -0.05) is 12.8 Å². The van der Waals surface area contributed by atoms with E-state index in [1.807, 2.05) is 0 Å². The van der Waals surface area contributed by atoms with E-state index in [4.69, 9.17) is 11.6 Å². The summed E-state index contributed by atoms with van der Waals surface area (Å²) in [6.45, 7) is 0. The molecule has 0 amide bonds. The van der Waals surface area contributed by atoms with E-state index in [1.54, 1.807) is 0 Å². The number of halogens is 3. The van der Waals surface area contributed by atoms with Gasteiger partial charge in [0.15, 0.2) is 21.5 Å². The van der Waals surface area contributed by atoms with Crippen molar-refractivity contribution in [3.8, 4) is 0 Å². The Balaban J connectivity index is 2.60. The van der Waals surface area contributed by atoms with Crippen molar-refractivity contribution in [3.63, 3.8) is 0 Å². The fourth-order valence-corrected chi connectivity index (χ4v) is 3.10. The van der Waals surface area contributed by atoms with Gasteiger partial charge >= 0.3 is 0 Å². The molecule has 0 spiro atoms. The van der Waals surface area contributed by atoms with Gasteiger partial charge in [-0.3, -0.25) is 0 Å². The number of alkyl halides is 1. The Morgan fingerprint density at radius 1 is 1.00 bits per heavy atom. The van der Waals surface area contributed by atoms with E-state index in [9.17, 15) is 17.2 Å². The zero-order chi connectivity index (χ0) is 13.6. The largest absolute Gasteiger partial charge is 0.224 e. The van der Waals surface area contributed by atoms with Crippen LogP contribution >= 0.6 is 11.6 Å². The molecule has 0 radical (unpaired) electrons. The lowest BCUT2D eigenvalue weighted by Crippen LogP contribution is -2.07. The second kappa shape index (κ2) is 7.04. The number of hydrogen-bond donors (Lipinski definition) is 0. The lowest BCUT2D eigenvalue weighted by molar-refractivity contribution is 0.504. The highest BCUT2D eigenvalue weighted by molar-refractivity contribution is 7.91. The predicted molar refractivity (Wildman–Crippen MR) is 67.6 cm³/mol. The highest BCUT2D eigenvalue weighted by Gasteiger charge is 2.16. The molecule has 0 aliphatic rings. The molecular weight excluding hydrogens is 282 g/mol. The van der Waals surface area contributed by atoms with Crippen molar-refractivity contribution in [1.29, 1.82) is 0 Å². The van der Waals surface area contributed by atoms with E-state index in [-0.39, 0.29) is 10.6 Å². The quantitative estimate of drug-likeness (QED) is 0.438. The van der Waals surface area contributed by atoms with Crippen LogP contribution in [0.25, 0.3) is 0 Å². The van der Waals surface area contributed by atoms with Gasteiger partial charge in [-0.05, 0) is 31.0 Å². The molecular formula is C12H15ClF2O2S. The third kappa shape index (κ3) is 4.53. The van der Waals surface area contributed by atoms with Crippen LogP contribution in [0.4, 0.5) is 8.78 Å². The Morgan fingerprint density at radius 3 is 2.28 bits per heavy atom. The SMILES string of the molecule is O=S(=O)(CCCCCCCl)c1ccc(F)c(F)c1. The molecule has 0 bridgehead atoms. The molecule has 1 aromatic rings. The molecule has 18 heavy (non-hydrogen) atoms. The molecule has 2 nitrogen and oxygen atoms in total. The van der Waals surface area contributed by atoms with Gasteiger partial charge in [-0.2, -0.15) is 0 Å². The monoisotopic (exact) mass is 296 g/mol. The Kier molecular flexibility index (Phi) is 6.02. The van der Waals surface area contributed by atoms with Crippen molar-refractivity contribution >= 4 is 21.4 Å². The molecule has 0 aromatic heterocycles. The van der Waals surface area contributed by atoms with Gasteiger partial charge in [-0.25, -0.2) is 17.2 Å². The first-order valence-corrected chi connectivity index (χ1v) is 7.90. The minimum absolute atomic E-state index is 0.0552. The number of unbranched alkanes of at least 4 members (excludes halogenated alkanes) is 3. The summed E-state index contributed by atoms with van der Waals surface area (Å²) in [5, 5.41) is 0. The van der Waals surface area contributed by atoms with E-state index in [2.05, 4.69) is 0 Å². The third-order valence-corrected chi connectivity index (χ3v) is 4.61. The van der Waals surface area contributed by atoms with Crippen molar-refractivity contribution in [3.05, 3.63) is 29.8 Å². The molecule has 0 unspecified atom stereocenters. The van der Waals surface area contributed by atoms with Crippen molar-refractivity contribution in [2.24, 2.45) is 0 Å². The predicted octanol–water partition coefficient (Wildman–Crippen LogP) is 3.54. The van der Waals surface area contributed by atoms with E-state index in [0.29, 0.717) is 12.3 Å². The molecule has 1 rings (SSSR count). The summed E-state index contributed by atoms with van der Waals surface area (Å²) in [6, 6.07) is 2.64. The van der Waals surface area contributed by atoms with Crippen LogP contribution in [0.1, 0.15) is 25.7 Å². The van der Waals surface area contributed by atoms with Crippen molar-refractivity contribution < 1.29 is 17.2 Å².